The average molecular weight is 291 g/mol. The molecule has 3 N–H and O–H groups in total. The van der Waals surface area contributed by atoms with Gasteiger partial charge in [0.05, 0.1) is 17.4 Å². The summed E-state index contributed by atoms with van der Waals surface area (Å²) in [5.41, 5.74) is 2.12. The standard InChI is InChI=1S/C13H11F2N5O/c14-12(15)10-4-11(20-19-10)13(21)16-5-7-1-2-8-9(3-7)18-6-17-8/h1-4,6,12H,5H2,(H,16,21)(H,17,18)(H,19,20). The van der Waals surface area contributed by atoms with Crippen LogP contribution >= 0.6 is 0 Å². The van der Waals surface area contributed by atoms with E-state index in [1.54, 1.807) is 6.33 Å². The number of imidazole rings is 1. The van der Waals surface area contributed by atoms with E-state index in [9.17, 15) is 13.6 Å². The van der Waals surface area contributed by atoms with E-state index in [0.29, 0.717) is 0 Å². The molecule has 1 amide bonds. The lowest BCUT2D eigenvalue weighted by Crippen LogP contribution is -2.23. The zero-order valence-corrected chi connectivity index (χ0v) is 10.7. The van der Waals surface area contributed by atoms with Gasteiger partial charge in [-0.15, -0.1) is 0 Å². The topological polar surface area (TPSA) is 86.5 Å². The van der Waals surface area contributed by atoms with Gasteiger partial charge >= 0.3 is 0 Å². The van der Waals surface area contributed by atoms with Crippen LogP contribution in [0.2, 0.25) is 0 Å². The van der Waals surface area contributed by atoms with E-state index in [1.165, 1.54) is 0 Å². The Hall–Kier alpha value is -2.77. The van der Waals surface area contributed by atoms with Crippen LogP contribution in [0.3, 0.4) is 0 Å². The summed E-state index contributed by atoms with van der Waals surface area (Å²) in [5.74, 6) is -0.511. The van der Waals surface area contributed by atoms with Gasteiger partial charge in [-0.25, -0.2) is 13.8 Å². The Morgan fingerprint density at radius 2 is 2.19 bits per heavy atom. The smallest absolute Gasteiger partial charge is 0.279 e. The van der Waals surface area contributed by atoms with Gasteiger partial charge < -0.3 is 10.3 Å². The number of hydrogen-bond acceptors (Lipinski definition) is 3. The summed E-state index contributed by atoms with van der Waals surface area (Å²) in [6.07, 6.45) is -1.09. The molecule has 21 heavy (non-hydrogen) atoms. The minimum Gasteiger partial charge on any atom is -0.347 e. The lowest BCUT2D eigenvalue weighted by Gasteiger charge is -2.03. The van der Waals surface area contributed by atoms with E-state index in [0.717, 1.165) is 22.7 Å². The summed E-state index contributed by atoms with van der Waals surface area (Å²) < 4.78 is 24.8. The molecule has 2 heterocycles. The maximum atomic E-state index is 12.4. The van der Waals surface area contributed by atoms with Gasteiger partial charge in [-0.3, -0.25) is 9.89 Å². The van der Waals surface area contributed by atoms with Crippen molar-refractivity contribution in [2.24, 2.45) is 0 Å². The molecular weight excluding hydrogens is 280 g/mol. The Balaban J connectivity index is 1.67. The van der Waals surface area contributed by atoms with Gasteiger partial charge in [0.25, 0.3) is 12.3 Å². The Morgan fingerprint density at radius 3 is 2.95 bits per heavy atom. The van der Waals surface area contributed by atoms with E-state index >= 15 is 0 Å². The van der Waals surface area contributed by atoms with Crippen LogP contribution in [0.15, 0.2) is 30.6 Å². The van der Waals surface area contributed by atoms with Gasteiger partial charge in [-0.05, 0) is 23.8 Å². The van der Waals surface area contributed by atoms with E-state index in [1.807, 2.05) is 18.2 Å². The SMILES string of the molecule is O=C(NCc1ccc2nc[nH]c2c1)c1cc(C(F)F)[nH]n1. The fraction of sp³-hybridized carbons (Fsp3) is 0.154. The lowest BCUT2D eigenvalue weighted by atomic mass is 10.2. The number of carbonyl (C=O) groups excluding carboxylic acids is 1. The molecule has 3 rings (SSSR count). The summed E-state index contributed by atoms with van der Waals surface area (Å²) in [4.78, 5) is 18.9. The van der Waals surface area contributed by atoms with E-state index in [4.69, 9.17) is 0 Å². The second-order valence-electron chi connectivity index (χ2n) is 4.45. The van der Waals surface area contributed by atoms with Gasteiger partial charge in [0.2, 0.25) is 0 Å². The van der Waals surface area contributed by atoms with Crippen LogP contribution < -0.4 is 5.32 Å². The molecule has 0 saturated carbocycles. The van der Waals surface area contributed by atoms with Gasteiger partial charge in [-0.1, -0.05) is 6.07 Å². The number of benzene rings is 1. The third kappa shape index (κ3) is 2.73. The number of fused-ring (bicyclic) bond motifs is 1. The first-order chi connectivity index (χ1) is 10.1. The second-order valence-corrected chi connectivity index (χ2v) is 4.45. The van der Waals surface area contributed by atoms with E-state index in [2.05, 4.69) is 25.5 Å². The van der Waals surface area contributed by atoms with Crippen LogP contribution in [0, 0.1) is 0 Å². The number of aromatic amines is 2. The molecule has 0 atom stereocenters. The van der Waals surface area contributed by atoms with Crippen LogP contribution in [0.1, 0.15) is 28.2 Å². The molecule has 8 heteroatoms. The third-order valence-corrected chi connectivity index (χ3v) is 3.00. The highest BCUT2D eigenvalue weighted by molar-refractivity contribution is 5.92. The first-order valence-electron chi connectivity index (χ1n) is 6.17. The maximum absolute atomic E-state index is 12.4. The normalized spacial score (nSPS) is 11.2. The van der Waals surface area contributed by atoms with Gasteiger partial charge in [0.15, 0.2) is 0 Å². The Labute approximate surface area is 117 Å². The molecule has 0 unspecified atom stereocenters. The van der Waals surface area contributed by atoms with Crippen molar-refractivity contribution in [2.75, 3.05) is 0 Å². The fourth-order valence-corrected chi connectivity index (χ4v) is 1.93. The molecule has 3 aromatic rings. The molecule has 0 radical (unpaired) electrons. The van der Waals surface area contributed by atoms with Crippen molar-refractivity contribution < 1.29 is 13.6 Å². The predicted octanol–water partition coefficient (Wildman–Crippen LogP) is 2.15. The Bertz CT molecular complexity index is 780. The van der Waals surface area contributed by atoms with Crippen molar-refractivity contribution in [2.45, 2.75) is 13.0 Å². The number of alkyl halides is 2. The molecule has 6 nitrogen and oxygen atoms in total. The summed E-state index contributed by atoms with van der Waals surface area (Å²) in [7, 11) is 0. The molecule has 0 fully saturated rings. The first kappa shape index (κ1) is 13.2. The maximum Gasteiger partial charge on any atom is 0.279 e. The summed E-state index contributed by atoms with van der Waals surface area (Å²) >= 11 is 0. The fourth-order valence-electron chi connectivity index (χ4n) is 1.93. The van der Waals surface area contributed by atoms with Crippen molar-refractivity contribution in [3.8, 4) is 0 Å². The van der Waals surface area contributed by atoms with Gasteiger partial charge in [0.1, 0.15) is 11.4 Å². The zero-order valence-electron chi connectivity index (χ0n) is 10.7. The Kier molecular flexibility index (Phi) is 3.35. The van der Waals surface area contributed by atoms with Gasteiger partial charge in [-0.2, -0.15) is 5.10 Å². The number of aromatic nitrogens is 4. The minimum absolute atomic E-state index is 0.0621. The van der Waals surface area contributed by atoms with Crippen LogP contribution in [0.5, 0.6) is 0 Å². The third-order valence-electron chi connectivity index (χ3n) is 3.00. The van der Waals surface area contributed by atoms with Crippen molar-refractivity contribution in [3.63, 3.8) is 0 Å². The highest BCUT2D eigenvalue weighted by Gasteiger charge is 2.15. The van der Waals surface area contributed by atoms with Crippen molar-refractivity contribution >= 4 is 16.9 Å². The molecule has 108 valence electrons. The van der Waals surface area contributed by atoms with Crippen LogP contribution in [-0.4, -0.2) is 26.1 Å². The van der Waals surface area contributed by atoms with Gasteiger partial charge in [0, 0.05) is 6.54 Å². The number of hydrogen-bond donors (Lipinski definition) is 3. The summed E-state index contributed by atoms with van der Waals surface area (Å²) in [5, 5.41) is 8.31. The van der Waals surface area contributed by atoms with Crippen LogP contribution in [0.4, 0.5) is 8.78 Å². The van der Waals surface area contributed by atoms with Crippen LogP contribution in [0.25, 0.3) is 11.0 Å². The summed E-state index contributed by atoms with van der Waals surface area (Å²) in [6.45, 7) is 0.269. The van der Waals surface area contributed by atoms with Crippen molar-refractivity contribution in [3.05, 3.63) is 47.5 Å². The van der Waals surface area contributed by atoms with E-state index < -0.39 is 12.3 Å². The molecule has 0 spiro atoms. The molecule has 0 aliphatic carbocycles. The highest BCUT2D eigenvalue weighted by Crippen LogP contribution is 2.16. The quantitative estimate of drug-likeness (QED) is 0.688. The molecule has 2 aromatic heterocycles. The van der Waals surface area contributed by atoms with Crippen molar-refractivity contribution in [1.82, 2.24) is 25.5 Å². The highest BCUT2D eigenvalue weighted by atomic mass is 19.3. The average Bonchev–Trinajstić information content (AvgIpc) is 3.12. The van der Waals surface area contributed by atoms with Crippen LogP contribution in [-0.2, 0) is 6.54 Å². The lowest BCUT2D eigenvalue weighted by molar-refractivity contribution is 0.0946. The number of nitrogens with zero attached hydrogens (tertiary/aromatic N) is 2. The predicted molar refractivity (Wildman–Crippen MR) is 70.8 cm³/mol. The Morgan fingerprint density at radius 1 is 1.33 bits per heavy atom. The molecule has 0 saturated heterocycles. The van der Waals surface area contributed by atoms with E-state index in [-0.39, 0.29) is 17.9 Å². The minimum atomic E-state index is -2.68. The number of carbonyl (C=O) groups is 1. The zero-order chi connectivity index (χ0) is 14.8. The number of nitrogens with one attached hydrogen (secondary N) is 3. The largest absolute Gasteiger partial charge is 0.347 e. The molecule has 0 aliphatic rings. The van der Waals surface area contributed by atoms with Crippen molar-refractivity contribution in [1.29, 1.82) is 0 Å². The first-order valence-corrected chi connectivity index (χ1v) is 6.17. The number of amides is 1. The number of halogens is 2. The molecule has 0 aliphatic heterocycles. The molecule has 0 bridgehead atoms. The summed E-state index contributed by atoms with van der Waals surface area (Å²) in [6, 6.07) is 6.56. The second kappa shape index (κ2) is 5.31. The number of rotatable bonds is 4. The number of H-pyrrole nitrogens is 2. The molecular formula is C13H11F2N5O. The monoisotopic (exact) mass is 291 g/mol. The molecule has 1 aromatic carbocycles.